The third kappa shape index (κ3) is 2.88. The number of nitrogens with one attached hydrogen (secondary N) is 1. The Hall–Kier alpha value is -0.970. The molecule has 1 saturated carbocycles. The molecule has 1 N–H and O–H groups in total. The van der Waals surface area contributed by atoms with E-state index in [1.165, 1.54) is 32.1 Å². The zero-order valence-corrected chi connectivity index (χ0v) is 11.8. The van der Waals surface area contributed by atoms with Gasteiger partial charge in [0.05, 0.1) is 12.1 Å². The molecule has 1 aromatic rings. The van der Waals surface area contributed by atoms with Gasteiger partial charge in [-0.2, -0.15) is 0 Å². The van der Waals surface area contributed by atoms with Crippen LogP contribution >= 0.6 is 0 Å². The van der Waals surface area contributed by atoms with E-state index >= 15 is 0 Å². The molecule has 0 radical (unpaired) electrons. The molecule has 0 bridgehead atoms. The molecule has 1 heterocycles. The van der Waals surface area contributed by atoms with Gasteiger partial charge in [-0.3, -0.25) is 0 Å². The van der Waals surface area contributed by atoms with Crippen LogP contribution in [0, 0.1) is 5.92 Å². The van der Waals surface area contributed by atoms with Crippen LogP contribution in [0.25, 0.3) is 0 Å². The largest absolute Gasteiger partial charge is 0.308 e. The minimum Gasteiger partial charge on any atom is -0.308 e. The summed E-state index contributed by atoms with van der Waals surface area (Å²) >= 11 is 0. The van der Waals surface area contributed by atoms with E-state index in [2.05, 4.69) is 46.3 Å². The minimum absolute atomic E-state index is 0.223. The maximum absolute atomic E-state index is 4.25. The fourth-order valence-corrected chi connectivity index (χ4v) is 2.96. The number of hydrogen-bond acceptors (Lipinski definition) is 4. The highest BCUT2D eigenvalue weighted by molar-refractivity contribution is 4.93. The average molecular weight is 251 g/mol. The van der Waals surface area contributed by atoms with Crippen LogP contribution in [0.5, 0.6) is 0 Å². The van der Waals surface area contributed by atoms with Crippen LogP contribution in [0.1, 0.15) is 70.8 Å². The van der Waals surface area contributed by atoms with Crippen molar-refractivity contribution in [2.24, 2.45) is 5.92 Å². The Morgan fingerprint density at radius 1 is 1.33 bits per heavy atom. The highest BCUT2D eigenvalue weighted by Gasteiger charge is 2.26. The molecular weight excluding hydrogens is 226 g/mol. The lowest BCUT2D eigenvalue weighted by Gasteiger charge is -2.24. The second-order valence-corrected chi connectivity index (χ2v) is 5.44. The number of tetrazole rings is 1. The summed E-state index contributed by atoms with van der Waals surface area (Å²) in [5, 5.41) is 15.7. The van der Waals surface area contributed by atoms with Gasteiger partial charge in [-0.25, -0.2) is 4.68 Å². The standard InChI is InChI=1S/C13H25N5/c1-4-14-11(3)13-15-16-17-18(13)12-9-7-5-6-8-10(12)2/h10-12,14H,4-9H2,1-3H3. The van der Waals surface area contributed by atoms with E-state index in [0.29, 0.717) is 12.0 Å². The first-order valence-corrected chi connectivity index (χ1v) is 7.25. The molecule has 18 heavy (non-hydrogen) atoms. The van der Waals surface area contributed by atoms with Crippen molar-refractivity contribution < 1.29 is 0 Å². The highest BCUT2D eigenvalue weighted by Crippen LogP contribution is 2.32. The summed E-state index contributed by atoms with van der Waals surface area (Å²) in [6.07, 6.45) is 6.49. The highest BCUT2D eigenvalue weighted by atomic mass is 15.6. The fourth-order valence-electron chi connectivity index (χ4n) is 2.96. The SMILES string of the molecule is CCNC(C)c1nnnn1C1CCCCCC1C. The molecule has 1 aliphatic carbocycles. The molecule has 3 unspecified atom stereocenters. The third-order valence-corrected chi connectivity index (χ3v) is 4.05. The van der Waals surface area contributed by atoms with Crippen LogP contribution in [-0.4, -0.2) is 26.8 Å². The summed E-state index contributed by atoms with van der Waals surface area (Å²) in [5.41, 5.74) is 0. The summed E-state index contributed by atoms with van der Waals surface area (Å²) in [6.45, 7) is 7.51. The number of nitrogens with zero attached hydrogens (tertiary/aromatic N) is 4. The summed E-state index contributed by atoms with van der Waals surface area (Å²) in [4.78, 5) is 0. The Morgan fingerprint density at radius 3 is 2.89 bits per heavy atom. The predicted octanol–water partition coefficient (Wildman–Crippen LogP) is 2.48. The van der Waals surface area contributed by atoms with Gasteiger partial charge in [0.15, 0.2) is 5.82 Å². The van der Waals surface area contributed by atoms with Gasteiger partial charge in [0.25, 0.3) is 0 Å². The molecule has 3 atom stereocenters. The molecule has 1 aromatic heterocycles. The lowest BCUT2D eigenvalue weighted by molar-refractivity contribution is 0.289. The van der Waals surface area contributed by atoms with E-state index in [4.69, 9.17) is 0 Å². The molecule has 2 rings (SSSR count). The quantitative estimate of drug-likeness (QED) is 0.835. The van der Waals surface area contributed by atoms with Crippen molar-refractivity contribution in [1.29, 1.82) is 0 Å². The molecule has 5 heteroatoms. The summed E-state index contributed by atoms with van der Waals surface area (Å²) in [7, 11) is 0. The van der Waals surface area contributed by atoms with Gasteiger partial charge in [0.2, 0.25) is 0 Å². The monoisotopic (exact) mass is 251 g/mol. The van der Waals surface area contributed by atoms with Crippen LogP contribution in [-0.2, 0) is 0 Å². The maximum atomic E-state index is 4.25. The van der Waals surface area contributed by atoms with Crippen LogP contribution in [0.4, 0.5) is 0 Å². The third-order valence-electron chi connectivity index (χ3n) is 4.05. The molecule has 0 spiro atoms. The van der Waals surface area contributed by atoms with Crippen molar-refractivity contribution >= 4 is 0 Å². The fraction of sp³-hybridized carbons (Fsp3) is 0.923. The van der Waals surface area contributed by atoms with Gasteiger partial charge in [-0.1, -0.05) is 33.1 Å². The van der Waals surface area contributed by atoms with Gasteiger partial charge in [0, 0.05) is 0 Å². The molecule has 5 nitrogen and oxygen atoms in total. The smallest absolute Gasteiger partial charge is 0.168 e. The van der Waals surface area contributed by atoms with Crippen molar-refractivity contribution in [2.45, 2.75) is 65.0 Å². The molecule has 1 aliphatic rings. The zero-order chi connectivity index (χ0) is 13.0. The molecule has 0 aromatic carbocycles. The lowest BCUT2D eigenvalue weighted by Crippen LogP contribution is -2.26. The topological polar surface area (TPSA) is 55.6 Å². The Bertz CT molecular complexity index is 362. The molecule has 1 fully saturated rings. The zero-order valence-electron chi connectivity index (χ0n) is 11.8. The Morgan fingerprint density at radius 2 is 2.11 bits per heavy atom. The van der Waals surface area contributed by atoms with E-state index in [0.717, 1.165) is 12.4 Å². The minimum atomic E-state index is 0.223. The number of aromatic nitrogens is 4. The van der Waals surface area contributed by atoms with Crippen molar-refractivity contribution in [3.63, 3.8) is 0 Å². The summed E-state index contributed by atoms with van der Waals surface area (Å²) in [5.74, 6) is 1.65. The molecule has 0 saturated heterocycles. The van der Waals surface area contributed by atoms with Gasteiger partial charge in [-0.05, 0) is 42.7 Å². The van der Waals surface area contributed by atoms with Crippen molar-refractivity contribution in [3.8, 4) is 0 Å². The maximum Gasteiger partial charge on any atom is 0.168 e. The second-order valence-electron chi connectivity index (χ2n) is 5.44. The first kappa shape index (κ1) is 13.5. The van der Waals surface area contributed by atoms with Crippen LogP contribution < -0.4 is 5.32 Å². The second kappa shape index (κ2) is 6.27. The first-order valence-electron chi connectivity index (χ1n) is 7.25. The van der Waals surface area contributed by atoms with Crippen LogP contribution in [0.2, 0.25) is 0 Å². The van der Waals surface area contributed by atoms with Crippen molar-refractivity contribution in [2.75, 3.05) is 6.54 Å². The molecular formula is C13H25N5. The summed E-state index contributed by atoms with van der Waals surface area (Å²) < 4.78 is 2.07. The van der Waals surface area contributed by atoms with E-state index in [9.17, 15) is 0 Å². The summed E-state index contributed by atoms with van der Waals surface area (Å²) in [6, 6.07) is 0.694. The van der Waals surface area contributed by atoms with E-state index in [-0.39, 0.29) is 6.04 Å². The Balaban J connectivity index is 2.18. The molecule has 0 aliphatic heterocycles. The molecule has 102 valence electrons. The van der Waals surface area contributed by atoms with Gasteiger partial charge in [-0.15, -0.1) is 5.10 Å². The lowest BCUT2D eigenvalue weighted by atomic mass is 9.97. The van der Waals surface area contributed by atoms with Crippen molar-refractivity contribution in [1.82, 2.24) is 25.5 Å². The first-order chi connectivity index (χ1) is 8.74. The predicted molar refractivity (Wildman–Crippen MR) is 71.2 cm³/mol. The van der Waals surface area contributed by atoms with Crippen molar-refractivity contribution in [3.05, 3.63) is 5.82 Å². The molecule has 0 amide bonds. The van der Waals surface area contributed by atoms with E-state index in [1.807, 2.05) is 0 Å². The van der Waals surface area contributed by atoms with Gasteiger partial charge in [0.1, 0.15) is 0 Å². The Kier molecular flexibility index (Phi) is 4.69. The average Bonchev–Trinajstić information content (AvgIpc) is 2.73. The van der Waals surface area contributed by atoms with E-state index < -0.39 is 0 Å². The number of rotatable bonds is 4. The normalized spacial score (nSPS) is 26.8. The van der Waals surface area contributed by atoms with Crippen LogP contribution in [0.15, 0.2) is 0 Å². The van der Waals surface area contributed by atoms with Gasteiger partial charge >= 0.3 is 0 Å². The van der Waals surface area contributed by atoms with Crippen LogP contribution in [0.3, 0.4) is 0 Å². The van der Waals surface area contributed by atoms with E-state index in [1.54, 1.807) is 0 Å². The number of hydrogen-bond donors (Lipinski definition) is 1. The Labute approximate surface area is 109 Å². The van der Waals surface area contributed by atoms with Gasteiger partial charge < -0.3 is 5.32 Å².